The Morgan fingerprint density at radius 3 is 2.62 bits per heavy atom. The zero-order valence-electron chi connectivity index (χ0n) is 9.18. The van der Waals surface area contributed by atoms with Crippen LogP contribution in [0.15, 0.2) is 36.7 Å². The van der Waals surface area contributed by atoms with Crippen molar-refractivity contribution in [3.63, 3.8) is 0 Å². The van der Waals surface area contributed by atoms with Crippen molar-refractivity contribution >= 4 is 11.6 Å². The van der Waals surface area contributed by atoms with Crippen molar-refractivity contribution in [1.29, 1.82) is 0 Å². The van der Waals surface area contributed by atoms with E-state index in [0.717, 1.165) is 5.56 Å². The van der Waals surface area contributed by atoms with Gasteiger partial charge in [0.15, 0.2) is 0 Å². The summed E-state index contributed by atoms with van der Waals surface area (Å²) < 4.78 is 1.65. The van der Waals surface area contributed by atoms with Crippen molar-refractivity contribution in [3.8, 4) is 0 Å². The first-order chi connectivity index (χ1) is 7.51. The Kier molecular flexibility index (Phi) is 2.74. The lowest BCUT2D eigenvalue weighted by atomic mass is 9.90. The molecule has 0 saturated heterocycles. The van der Waals surface area contributed by atoms with Crippen molar-refractivity contribution in [2.24, 2.45) is 7.05 Å². The van der Waals surface area contributed by atoms with Gasteiger partial charge in [0.25, 0.3) is 0 Å². The molecule has 0 radical (unpaired) electrons. The zero-order chi connectivity index (χ0) is 11.8. The van der Waals surface area contributed by atoms with Gasteiger partial charge in [-0.15, -0.1) is 0 Å². The number of benzene rings is 1. The third kappa shape index (κ3) is 1.84. The molecule has 1 N–H and O–H groups in total. The van der Waals surface area contributed by atoms with E-state index in [9.17, 15) is 5.11 Å². The molecular formula is C12H13ClN2O. The van der Waals surface area contributed by atoms with Crippen molar-refractivity contribution in [3.05, 3.63) is 52.8 Å². The maximum absolute atomic E-state index is 10.5. The van der Waals surface area contributed by atoms with Crippen molar-refractivity contribution in [2.45, 2.75) is 12.5 Å². The van der Waals surface area contributed by atoms with Gasteiger partial charge in [-0.25, -0.2) is 0 Å². The maximum Gasteiger partial charge on any atom is 0.116 e. The molecule has 0 amide bonds. The molecular weight excluding hydrogens is 224 g/mol. The van der Waals surface area contributed by atoms with Crippen molar-refractivity contribution < 1.29 is 5.11 Å². The average molecular weight is 237 g/mol. The van der Waals surface area contributed by atoms with Crippen molar-refractivity contribution in [1.82, 2.24) is 9.78 Å². The van der Waals surface area contributed by atoms with Crippen LogP contribution in [0, 0.1) is 0 Å². The Bertz CT molecular complexity index is 505. The average Bonchev–Trinajstić information content (AvgIpc) is 2.66. The number of aromatic nitrogens is 2. The standard InChI is InChI=1S/C12H13ClN2O/c1-12(16,9-7-14-15(2)8-9)10-5-3-4-6-11(10)13/h3-8,16H,1-2H3. The van der Waals surface area contributed by atoms with Crippen LogP contribution < -0.4 is 0 Å². The summed E-state index contributed by atoms with van der Waals surface area (Å²) in [5, 5.41) is 15.1. The molecule has 0 aliphatic heterocycles. The molecule has 0 aliphatic carbocycles. The first-order valence-corrected chi connectivity index (χ1v) is 5.36. The van der Waals surface area contributed by atoms with Crippen LogP contribution >= 0.6 is 11.6 Å². The highest BCUT2D eigenvalue weighted by Crippen LogP contribution is 2.33. The second-order valence-electron chi connectivity index (χ2n) is 3.95. The lowest BCUT2D eigenvalue weighted by molar-refractivity contribution is 0.102. The molecule has 0 bridgehead atoms. The summed E-state index contributed by atoms with van der Waals surface area (Å²) in [6, 6.07) is 7.27. The van der Waals surface area contributed by atoms with Crippen LogP contribution in [0.25, 0.3) is 0 Å². The molecule has 84 valence electrons. The zero-order valence-corrected chi connectivity index (χ0v) is 9.94. The Morgan fingerprint density at radius 2 is 2.06 bits per heavy atom. The number of aryl methyl sites for hydroxylation is 1. The topological polar surface area (TPSA) is 38.0 Å². The van der Waals surface area contributed by atoms with Gasteiger partial charge in [-0.3, -0.25) is 4.68 Å². The molecule has 0 saturated carbocycles. The third-order valence-electron chi connectivity index (χ3n) is 2.67. The van der Waals surface area contributed by atoms with E-state index < -0.39 is 5.60 Å². The monoisotopic (exact) mass is 236 g/mol. The molecule has 16 heavy (non-hydrogen) atoms. The fraction of sp³-hybridized carbons (Fsp3) is 0.250. The van der Waals surface area contributed by atoms with Gasteiger partial charge in [-0.05, 0) is 13.0 Å². The molecule has 1 atom stereocenters. The van der Waals surface area contributed by atoms with E-state index in [-0.39, 0.29) is 0 Å². The SMILES string of the molecule is Cn1cc(C(C)(O)c2ccccc2Cl)cn1. The number of hydrogen-bond donors (Lipinski definition) is 1. The van der Waals surface area contributed by atoms with E-state index in [0.29, 0.717) is 10.6 Å². The van der Waals surface area contributed by atoms with Crippen LogP contribution in [0.2, 0.25) is 5.02 Å². The van der Waals surface area contributed by atoms with E-state index in [2.05, 4.69) is 5.10 Å². The molecule has 4 heteroatoms. The number of hydrogen-bond acceptors (Lipinski definition) is 2. The summed E-state index contributed by atoms with van der Waals surface area (Å²) in [5.41, 5.74) is 0.292. The molecule has 0 aliphatic rings. The Morgan fingerprint density at radius 1 is 1.38 bits per heavy atom. The van der Waals surface area contributed by atoms with Crippen LogP contribution in [-0.4, -0.2) is 14.9 Å². The normalized spacial score (nSPS) is 14.8. The third-order valence-corrected chi connectivity index (χ3v) is 2.99. The van der Waals surface area contributed by atoms with Gasteiger partial charge in [-0.2, -0.15) is 5.10 Å². The van der Waals surface area contributed by atoms with Gasteiger partial charge in [-0.1, -0.05) is 29.8 Å². The van der Waals surface area contributed by atoms with Gasteiger partial charge in [0.05, 0.1) is 6.20 Å². The predicted molar refractivity (Wildman–Crippen MR) is 63.3 cm³/mol. The van der Waals surface area contributed by atoms with E-state index in [1.54, 1.807) is 30.1 Å². The minimum absolute atomic E-state index is 0.552. The van der Waals surface area contributed by atoms with Gasteiger partial charge >= 0.3 is 0 Å². The Hall–Kier alpha value is -1.32. The Labute approximate surface area is 99.3 Å². The molecule has 0 spiro atoms. The van der Waals surface area contributed by atoms with Gasteiger partial charge < -0.3 is 5.11 Å². The minimum atomic E-state index is -1.12. The number of aliphatic hydroxyl groups is 1. The number of rotatable bonds is 2. The predicted octanol–water partition coefficient (Wildman–Crippen LogP) is 2.33. The van der Waals surface area contributed by atoms with E-state index in [1.165, 1.54) is 0 Å². The highest BCUT2D eigenvalue weighted by molar-refractivity contribution is 6.31. The first kappa shape index (κ1) is 11.2. The maximum atomic E-state index is 10.5. The van der Waals surface area contributed by atoms with Crippen LogP contribution in [0.4, 0.5) is 0 Å². The molecule has 2 rings (SSSR count). The van der Waals surface area contributed by atoms with E-state index in [1.807, 2.05) is 25.2 Å². The van der Waals surface area contributed by atoms with Crippen LogP contribution in [0.1, 0.15) is 18.1 Å². The van der Waals surface area contributed by atoms with E-state index >= 15 is 0 Å². The molecule has 3 nitrogen and oxygen atoms in total. The highest BCUT2D eigenvalue weighted by atomic mass is 35.5. The Balaban J connectivity index is 2.50. The second kappa shape index (κ2) is 3.92. The second-order valence-corrected chi connectivity index (χ2v) is 4.36. The summed E-state index contributed by atoms with van der Waals surface area (Å²) >= 11 is 6.08. The molecule has 2 aromatic rings. The molecule has 1 heterocycles. The van der Waals surface area contributed by atoms with Crippen LogP contribution in [0.5, 0.6) is 0 Å². The summed E-state index contributed by atoms with van der Waals surface area (Å²) in [5.74, 6) is 0. The molecule has 1 unspecified atom stereocenters. The summed E-state index contributed by atoms with van der Waals surface area (Å²) in [4.78, 5) is 0. The fourth-order valence-electron chi connectivity index (χ4n) is 1.68. The van der Waals surface area contributed by atoms with Crippen molar-refractivity contribution in [2.75, 3.05) is 0 Å². The summed E-state index contributed by atoms with van der Waals surface area (Å²) in [6.07, 6.45) is 3.42. The summed E-state index contributed by atoms with van der Waals surface area (Å²) in [6.45, 7) is 1.71. The van der Waals surface area contributed by atoms with Gasteiger partial charge in [0.1, 0.15) is 5.60 Å². The van der Waals surface area contributed by atoms with Crippen LogP contribution in [0.3, 0.4) is 0 Å². The quantitative estimate of drug-likeness (QED) is 0.869. The van der Waals surface area contributed by atoms with Crippen LogP contribution in [-0.2, 0) is 12.6 Å². The number of nitrogens with zero attached hydrogens (tertiary/aromatic N) is 2. The number of halogens is 1. The largest absolute Gasteiger partial charge is 0.381 e. The lowest BCUT2D eigenvalue weighted by Gasteiger charge is -2.23. The molecule has 1 aromatic heterocycles. The highest BCUT2D eigenvalue weighted by Gasteiger charge is 2.28. The summed E-state index contributed by atoms with van der Waals surface area (Å²) in [7, 11) is 1.81. The van der Waals surface area contributed by atoms with E-state index in [4.69, 9.17) is 11.6 Å². The lowest BCUT2D eigenvalue weighted by Crippen LogP contribution is -2.22. The molecule has 1 aromatic carbocycles. The van der Waals surface area contributed by atoms with Gasteiger partial charge in [0.2, 0.25) is 0 Å². The molecule has 0 fully saturated rings. The van der Waals surface area contributed by atoms with Gasteiger partial charge in [0, 0.05) is 29.4 Å². The fourth-order valence-corrected chi connectivity index (χ4v) is 2.00. The first-order valence-electron chi connectivity index (χ1n) is 4.98. The minimum Gasteiger partial charge on any atom is -0.381 e. The smallest absolute Gasteiger partial charge is 0.116 e.